The van der Waals surface area contributed by atoms with Crippen LogP contribution < -0.4 is 15.4 Å². The smallest absolute Gasteiger partial charge is 0.270 e. The number of fused-ring (bicyclic) bond motifs is 1. The first-order chi connectivity index (χ1) is 20.2. The minimum atomic E-state index is -0.726. The van der Waals surface area contributed by atoms with E-state index in [9.17, 15) is 14.7 Å². The maximum atomic E-state index is 12.8. The quantitative estimate of drug-likeness (QED) is 0.328. The number of hydrogen-bond donors (Lipinski definition) is 3. The molecule has 42 heavy (non-hydrogen) atoms. The Kier molecular flexibility index (Phi) is 9.33. The lowest BCUT2D eigenvalue weighted by atomic mass is 9.98. The molecule has 5 rings (SSSR count). The second-order valence-electron chi connectivity index (χ2n) is 11.1. The molecule has 1 aromatic carbocycles. The van der Waals surface area contributed by atoms with Gasteiger partial charge in [0.1, 0.15) is 30.2 Å². The molecule has 0 saturated carbocycles. The van der Waals surface area contributed by atoms with Crippen molar-refractivity contribution in [1.82, 2.24) is 30.1 Å². The van der Waals surface area contributed by atoms with Gasteiger partial charge >= 0.3 is 0 Å². The van der Waals surface area contributed by atoms with Gasteiger partial charge in [-0.05, 0) is 56.4 Å². The summed E-state index contributed by atoms with van der Waals surface area (Å²) >= 11 is 0. The molecule has 1 saturated heterocycles. The van der Waals surface area contributed by atoms with Crippen molar-refractivity contribution in [1.29, 1.82) is 0 Å². The highest BCUT2D eigenvalue weighted by atomic mass is 16.5. The normalized spacial score (nSPS) is 19.6. The van der Waals surface area contributed by atoms with E-state index < -0.39 is 6.10 Å². The van der Waals surface area contributed by atoms with Crippen molar-refractivity contribution in [2.75, 3.05) is 31.5 Å². The van der Waals surface area contributed by atoms with Gasteiger partial charge in [0.05, 0.1) is 11.8 Å². The molecule has 12 nitrogen and oxygen atoms in total. The Labute approximate surface area is 245 Å². The second kappa shape index (κ2) is 13.3. The zero-order chi connectivity index (χ0) is 29.6. The van der Waals surface area contributed by atoms with Crippen LogP contribution in [0, 0.1) is 6.92 Å². The van der Waals surface area contributed by atoms with Crippen molar-refractivity contribution in [3.63, 3.8) is 0 Å². The van der Waals surface area contributed by atoms with Crippen LogP contribution in [0.25, 0.3) is 0 Å². The van der Waals surface area contributed by atoms with Crippen molar-refractivity contribution >= 4 is 17.6 Å². The van der Waals surface area contributed by atoms with Gasteiger partial charge in [0.25, 0.3) is 5.91 Å². The van der Waals surface area contributed by atoms with Gasteiger partial charge in [-0.15, -0.1) is 0 Å². The first kappa shape index (κ1) is 29.5. The van der Waals surface area contributed by atoms with E-state index in [2.05, 4.69) is 42.6 Å². The van der Waals surface area contributed by atoms with Crippen LogP contribution in [0.1, 0.15) is 59.8 Å². The Balaban J connectivity index is 1.06. The van der Waals surface area contributed by atoms with E-state index in [1.54, 1.807) is 13.0 Å². The number of hydrogen-bond acceptors (Lipinski definition) is 10. The molecule has 2 amide bonds. The van der Waals surface area contributed by atoms with E-state index in [0.717, 1.165) is 37.3 Å². The molecule has 2 aliphatic heterocycles. The number of nitrogens with one attached hydrogen (secondary N) is 2. The zero-order valence-corrected chi connectivity index (χ0v) is 24.4. The van der Waals surface area contributed by atoms with Crippen LogP contribution in [-0.4, -0.2) is 86.0 Å². The summed E-state index contributed by atoms with van der Waals surface area (Å²) in [6.45, 7) is 8.61. The number of rotatable bonds is 10. The number of benzene rings is 1. The summed E-state index contributed by atoms with van der Waals surface area (Å²) in [4.78, 5) is 41.0. The van der Waals surface area contributed by atoms with Gasteiger partial charge in [-0.1, -0.05) is 6.07 Å². The van der Waals surface area contributed by atoms with Gasteiger partial charge in [0.15, 0.2) is 12.2 Å². The molecule has 2 aromatic heterocycles. The summed E-state index contributed by atoms with van der Waals surface area (Å²) in [6, 6.07) is 7.99. The Morgan fingerprint density at radius 2 is 2.05 bits per heavy atom. The molecule has 1 fully saturated rings. The third-order valence-electron chi connectivity index (χ3n) is 7.98. The largest absolute Gasteiger partial charge is 0.486 e. The lowest BCUT2D eigenvalue weighted by Crippen LogP contribution is -2.47. The Morgan fingerprint density at radius 1 is 1.19 bits per heavy atom. The van der Waals surface area contributed by atoms with Gasteiger partial charge in [-0.3, -0.25) is 14.5 Å². The van der Waals surface area contributed by atoms with Crippen molar-refractivity contribution in [3.05, 3.63) is 65.3 Å². The fourth-order valence-electron chi connectivity index (χ4n) is 5.65. The molecule has 3 atom stereocenters. The van der Waals surface area contributed by atoms with E-state index >= 15 is 0 Å². The summed E-state index contributed by atoms with van der Waals surface area (Å²) in [5.41, 5.74) is 3.49. The number of carbonyl (C=O) groups excluding carboxylic acids is 2. The molecule has 3 aromatic rings. The first-order valence-corrected chi connectivity index (χ1v) is 14.4. The molecule has 12 heteroatoms. The van der Waals surface area contributed by atoms with Crippen molar-refractivity contribution in [2.24, 2.45) is 0 Å². The molecule has 0 aliphatic carbocycles. The van der Waals surface area contributed by atoms with Gasteiger partial charge in [-0.2, -0.15) is 0 Å². The summed E-state index contributed by atoms with van der Waals surface area (Å²) in [5, 5.41) is 16.8. The maximum Gasteiger partial charge on any atom is 0.270 e. The topological polar surface area (TPSA) is 146 Å². The van der Waals surface area contributed by atoms with Crippen LogP contribution in [0.5, 0.6) is 5.75 Å². The number of ether oxygens (including phenoxy) is 1. The standard InChI is InChI=1S/C30H39N7O5/c1-19-10-24(7-9-37(19)21(3)38)35-29-12-27(32-17-33-29)30(40)31-13-25(39)15-36-8-6-22-11-26(5-4-23(22)14-36)41-16-28-20(2)34-18-42-28/h4-5,11-12,17-19,24-25,39H,6-10,13-16H2,1-3H3,(H,31,40)(H,32,33,35). The average molecular weight is 578 g/mol. The number of aliphatic hydroxyl groups excluding tert-OH is 1. The molecule has 0 bridgehead atoms. The van der Waals surface area contributed by atoms with Gasteiger partial charge in [0.2, 0.25) is 5.91 Å². The molecular formula is C30H39N7O5. The molecule has 0 radical (unpaired) electrons. The van der Waals surface area contributed by atoms with Gasteiger partial charge in [0, 0.05) is 57.8 Å². The highest BCUT2D eigenvalue weighted by Crippen LogP contribution is 2.25. The minimum Gasteiger partial charge on any atom is -0.486 e. The van der Waals surface area contributed by atoms with E-state index in [4.69, 9.17) is 9.15 Å². The highest BCUT2D eigenvalue weighted by Gasteiger charge is 2.27. The zero-order valence-electron chi connectivity index (χ0n) is 24.4. The molecule has 4 heterocycles. The average Bonchev–Trinajstić information content (AvgIpc) is 3.39. The number of piperidine rings is 1. The number of amides is 2. The van der Waals surface area contributed by atoms with Crippen molar-refractivity contribution < 1.29 is 23.8 Å². The van der Waals surface area contributed by atoms with Crippen molar-refractivity contribution in [3.8, 4) is 5.75 Å². The summed E-state index contributed by atoms with van der Waals surface area (Å²) in [5.74, 6) is 1.80. The SMILES string of the molecule is CC(=O)N1CCC(Nc2cc(C(=O)NCC(O)CN3CCc4cc(OCc5ocnc5C)ccc4C3)ncn2)CC1C. The number of aromatic nitrogens is 3. The maximum absolute atomic E-state index is 12.8. The second-order valence-corrected chi connectivity index (χ2v) is 11.1. The van der Waals surface area contributed by atoms with Crippen LogP contribution >= 0.6 is 0 Å². The third kappa shape index (κ3) is 7.42. The number of nitrogens with zero attached hydrogens (tertiary/aromatic N) is 5. The molecule has 2 aliphatic rings. The molecular weight excluding hydrogens is 538 g/mol. The Bertz CT molecular complexity index is 1400. The third-order valence-corrected chi connectivity index (χ3v) is 7.98. The predicted octanol–water partition coefficient (Wildman–Crippen LogP) is 2.31. The fraction of sp³-hybridized carbons (Fsp3) is 0.500. The molecule has 224 valence electrons. The first-order valence-electron chi connectivity index (χ1n) is 14.4. The monoisotopic (exact) mass is 577 g/mol. The fourth-order valence-corrected chi connectivity index (χ4v) is 5.65. The van der Waals surface area contributed by atoms with E-state index in [-0.39, 0.29) is 36.1 Å². The van der Waals surface area contributed by atoms with E-state index in [0.29, 0.717) is 37.8 Å². The van der Waals surface area contributed by atoms with Gasteiger partial charge < -0.3 is 29.8 Å². The van der Waals surface area contributed by atoms with E-state index in [1.807, 2.05) is 24.8 Å². The summed E-state index contributed by atoms with van der Waals surface area (Å²) in [6.07, 6.45) is 4.51. The lowest BCUT2D eigenvalue weighted by molar-refractivity contribution is -0.132. The number of β-amino-alcohol motifs (C(OH)–C–C–N with tert-alkyl or cyclic N) is 1. The Morgan fingerprint density at radius 3 is 2.81 bits per heavy atom. The number of anilines is 1. The number of aliphatic hydroxyl groups is 1. The Hall–Kier alpha value is -4.03. The minimum absolute atomic E-state index is 0.0872. The lowest BCUT2D eigenvalue weighted by Gasteiger charge is -2.37. The molecule has 0 spiro atoms. The van der Waals surface area contributed by atoms with Crippen LogP contribution in [0.3, 0.4) is 0 Å². The van der Waals surface area contributed by atoms with E-state index in [1.165, 1.54) is 23.8 Å². The van der Waals surface area contributed by atoms with Crippen LogP contribution in [-0.2, 0) is 24.4 Å². The number of aryl methyl sites for hydroxylation is 1. The summed E-state index contributed by atoms with van der Waals surface area (Å²) in [7, 11) is 0. The molecule has 3 unspecified atom stereocenters. The van der Waals surface area contributed by atoms with Crippen LogP contribution in [0.4, 0.5) is 5.82 Å². The van der Waals surface area contributed by atoms with Crippen LogP contribution in [0.2, 0.25) is 0 Å². The van der Waals surface area contributed by atoms with Crippen LogP contribution in [0.15, 0.2) is 41.4 Å². The molecule has 3 N–H and O–H groups in total. The number of likely N-dealkylation sites (tertiary alicyclic amines) is 1. The van der Waals surface area contributed by atoms with Crippen molar-refractivity contribution in [2.45, 2.75) is 71.4 Å². The number of carbonyl (C=O) groups is 2. The van der Waals surface area contributed by atoms with Gasteiger partial charge in [-0.25, -0.2) is 15.0 Å². The number of oxazole rings is 1. The highest BCUT2D eigenvalue weighted by molar-refractivity contribution is 5.92. The predicted molar refractivity (Wildman–Crippen MR) is 155 cm³/mol. The summed E-state index contributed by atoms with van der Waals surface area (Å²) < 4.78 is 11.2.